The Labute approximate surface area is 308 Å². The monoisotopic (exact) mass is 752 g/mol. The SMILES string of the molecule is O=C1C2CCCC3O[C@@H]4O[C@H](CO)[C@@H](O)[C@](O)(CCC5CCNC(C5)NCSSC[C@@]5(C(=O)C32)C(O)=CC(CC2CCCC(CO)C2)=C[C@@H]15)[C@H]4O. The standard InChI is InChI=1S/C37H56N2O10S2/c40-16-22-4-1-3-21(11-22)12-23-13-25-31(43)24-5-2-6-26-30(24)33(45)36(25,28(42)14-23)18-50-51-19-39-29-15-20(8-10-38-29)7-9-37(47)32(44)27(17-41)49-35(48-26)34(37)46/h13-14,20-22,24-27,29-30,32,34-35,38-42,44,46-47H,1-12,15-19H2/t20?,21?,22?,24?,25-,26?,27+,29?,30?,32+,34-,35+,36-,37+/m0/s1. The molecule has 14 heteroatoms. The van der Waals surface area contributed by atoms with Crippen LogP contribution in [0.4, 0.5) is 0 Å². The zero-order valence-corrected chi connectivity index (χ0v) is 30.9. The van der Waals surface area contributed by atoms with Gasteiger partial charge in [-0.05, 0) is 93.7 Å². The molecule has 7 unspecified atom stereocenters. The number of carbonyl (C=O) groups excluding carboxylic acids is 2. The second kappa shape index (κ2) is 16.0. The summed E-state index contributed by atoms with van der Waals surface area (Å²) >= 11 is 0. The number of rotatable bonds is 4. The summed E-state index contributed by atoms with van der Waals surface area (Å²) in [4.78, 5) is 29.8. The molecule has 286 valence electrons. The van der Waals surface area contributed by atoms with E-state index in [9.17, 15) is 35.4 Å². The van der Waals surface area contributed by atoms with Crippen molar-refractivity contribution < 1.29 is 49.7 Å². The van der Waals surface area contributed by atoms with Gasteiger partial charge in [0.05, 0.1) is 36.6 Å². The lowest BCUT2D eigenvalue weighted by molar-refractivity contribution is -0.346. The van der Waals surface area contributed by atoms with Gasteiger partial charge in [0.25, 0.3) is 0 Å². The van der Waals surface area contributed by atoms with Gasteiger partial charge in [0.2, 0.25) is 0 Å². The van der Waals surface area contributed by atoms with Crippen molar-refractivity contribution in [1.29, 1.82) is 0 Å². The lowest BCUT2D eigenvalue weighted by Crippen LogP contribution is -2.68. The Balaban J connectivity index is 1.22. The maximum atomic E-state index is 15.1. The molecular weight excluding hydrogens is 697 g/mol. The zero-order chi connectivity index (χ0) is 35.9. The summed E-state index contributed by atoms with van der Waals surface area (Å²) in [6.45, 7) is 0.308. The van der Waals surface area contributed by atoms with E-state index >= 15 is 4.79 Å². The van der Waals surface area contributed by atoms with E-state index in [1.807, 2.05) is 6.08 Å². The topological polar surface area (TPSA) is 198 Å². The van der Waals surface area contributed by atoms with E-state index in [1.165, 1.54) is 10.8 Å². The van der Waals surface area contributed by atoms with Gasteiger partial charge in [0.15, 0.2) is 12.1 Å². The zero-order valence-electron chi connectivity index (χ0n) is 29.2. The van der Waals surface area contributed by atoms with Crippen LogP contribution in [0.1, 0.15) is 77.0 Å². The van der Waals surface area contributed by atoms with Crippen molar-refractivity contribution >= 4 is 33.2 Å². The highest BCUT2D eigenvalue weighted by molar-refractivity contribution is 8.76. The number of aliphatic hydroxyl groups excluding tert-OH is 5. The minimum atomic E-state index is -2.03. The van der Waals surface area contributed by atoms with E-state index in [0.717, 1.165) is 50.6 Å². The van der Waals surface area contributed by atoms with Gasteiger partial charge < -0.3 is 45.4 Å². The molecule has 0 amide bonds. The Morgan fingerprint density at radius 1 is 0.902 bits per heavy atom. The number of carbonyl (C=O) groups is 2. The summed E-state index contributed by atoms with van der Waals surface area (Å²) < 4.78 is 12.3. The normalized spacial score (nSPS) is 46.9. The summed E-state index contributed by atoms with van der Waals surface area (Å²) in [5.41, 5.74) is -2.66. The number of aliphatic hydroxyl groups is 6. The van der Waals surface area contributed by atoms with Crippen LogP contribution in [0, 0.1) is 40.9 Å². The largest absolute Gasteiger partial charge is 0.511 e. The van der Waals surface area contributed by atoms with E-state index in [-0.39, 0.29) is 54.1 Å². The van der Waals surface area contributed by atoms with E-state index < -0.39 is 66.1 Å². The van der Waals surface area contributed by atoms with Crippen LogP contribution in [0.25, 0.3) is 0 Å². The molecule has 0 aromatic heterocycles. The van der Waals surface area contributed by atoms with Gasteiger partial charge in [0, 0.05) is 18.3 Å². The second-order valence-corrected chi connectivity index (χ2v) is 18.7. The van der Waals surface area contributed by atoms with Crippen LogP contribution in [0.3, 0.4) is 0 Å². The number of ketones is 2. The minimum absolute atomic E-state index is 0.00225. The number of hydrogen-bond donors (Lipinski definition) is 8. The van der Waals surface area contributed by atoms with Crippen LogP contribution >= 0.6 is 21.6 Å². The number of allylic oxidation sites excluding steroid dienone is 4. The van der Waals surface area contributed by atoms with Crippen molar-refractivity contribution in [2.45, 2.75) is 120 Å². The smallest absolute Gasteiger partial charge is 0.187 e. The molecule has 51 heavy (non-hydrogen) atoms. The number of Topliss-reactive ketones (excluding diaryl/α,β-unsaturated/α-hetero) is 2. The van der Waals surface area contributed by atoms with E-state index in [2.05, 4.69) is 10.6 Å². The third-order valence-electron chi connectivity index (χ3n) is 13.3. The van der Waals surface area contributed by atoms with Gasteiger partial charge in [-0.3, -0.25) is 14.9 Å². The molecule has 3 saturated heterocycles. The van der Waals surface area contributed by atoms with Crippen molar-refractivity contribution in [2.24, 2.45) is 40.9 Å². The Morgan fingerprint density at radius 3 is 2.51 bits per heavy atom. The lowest BCUT2D eigenvalue weighted by Gasteiger charge is -2.53. The summed E-state index contributed by atoms with van der Waals surface area (Å²) in [6.07, 6.45) is 5.21. The van der Waals surface area contributed by atoms with Crippen LogP contribution in [0.15, 0.2) is 23.5 Å². The lowest BCUT2D eigenvalue weighted by atomic mass is 9.52. The predicted octanol–water partition coefficient (Wildman–Crippen LogP) is 2.33. The van der Waals surface area contributed by atoms with Crippen LogP contribution in [0.2, 0.25) is 0 Å². The molecule has 0 radical (unpaired) electrons. The van der Waals surface area contributed by atoms with Crippen molar-refractivity contribution in [3.63, 3.8) is 0 Å². The van der Waals surface area contributed by atoms with Crippen molar-refractivity contribution in [1.82, 2.24) is 10.6 Å². The first-order chi connectivity index (χ1) is 24.6. The number of hydrogen-bond acceptors (Lipinski definition) is 14. The molecule has 4 aliphatic carbocycles. The fourth-order valence-corrected chi connectivity index (χ4v) is 12.7. The Hall–Kier alpha value is -1.04. The third-order valence-corrected chi connectivity index (χ3v) is 15.5. The molecule has 0 aromatic carbocycles. The maximum Gasteiger partial charge on any atom is 0.187 e. The van der Waals surface area contributed by atoms with Gasteiger partial charge in [-0.15, -0.1) is 0 Å². The van der Waals surface area contributed by atoms with Crippen molar-refractivity contribution in [3.8, 4) is 0 Å². The molecule has 7 aliphatic rings. The number of ether oxygens (including phenoxy) is 2. The maximum absolute atomic E-state index is 15.1. The van der Waals surface area contributed by atoms with Crippen LogP contribution in [0.5, 0.6) is 0 Å². The molecule has 6 fully saturated rings. The summed E-state index contributed by atoms with van der Waals surface area (Å²) in [5.74, 6) is -1.30. The fourth-order valence-electron chi connectivity index (χ4n) is 10.4. The minimum Gasteiger partial charge on any atom is -0.511 e. The molecule has 7 rings (SSSR count). The average molecular weight is 753 g/mol. The Bertz CT molecular complexity index is 1350. The summed E-state index contributed by atoms with van der Waals surface area (Å²) in [6, 6.07) is 0. The first-order valence-electron chi connectivity index (χ1n) is 19.1. The first-order valence-corrected chi connectivity index (χ1v) is 21.6. The van der Waals surface area contributed by atoms with Gasteiger partial charge in [0.1, 0.15) is 40.9 Å². The quantitative estimate of drug-likeness (QED) is 0.195. The molecule has 3 saturated carbocycles. The third kappa shape index (κ3) is 7.26. The molecule has 6 bridgehead atoms. The van der Waals surface area contributed by atoms with E-state index in [0.29, 0.717) is 43.9 Å². The van der Waals surface area contributed by atoms with Gasteiger partial charge >= 0.3 is 0 Å². The van der Waals surface area contributed by atoms with Gasteiger partial charge in [-0.25, -0.2) is 0 Å². The molecule has 12 nitrogen and oxygen atoms in total. The molecule has 1 spiro atoms. The summed E-state index contributed by atoms with van der Waals surface area (Å²) in [7, 11) is 3.02. The molecule has 3 heterocycles. The summed E-state index contributed by atoms with van der Waals surface area (Å²) in [5, 5.41) is 73.7. The molecule has 8 N–H and O–H groups in total. The van der Waals surface area contributed by atoms with Crippen LogP contribution in [-0.2, 0) is 19.1 Å². The van der Waals surface area contributed by atoms with Crippen molar-refractivity contribution in [3.05, 3.63) is 23.5 Å². The van der Waals surface area contributed by atoms with Gasteiger partial charge in [-0.1, -0.05) is 46.9 Å². The van der Waals surface area contributed by atoms with Gasteiger partial charge in [-0.2, -0.15) is 0 Å². The van der Waals surface area contributed by atoms with Crippen LogP contribution in [-0.4, -0.2) is 116 Å². The molecular formula is C37H56N2O10S2. The molecule has 0 aromatic rings. The molecule has 14 atom stereocenters. The second-order valence-electron chi connectivity index (χ2n) is 16.3. The van der Waals surface area contributed by atoms with E-state index in [4.69, 9.17) is 9.47 Å². The number of nitrogens with one attached hydrogen (secondary N) is 2. The number of fused-ring (bicyclic) bond motifs is 4. The molecule has 3 aliphatic heterocycles. The fraction of sp³-hybridized carbons (Fsp3) is 0.838. The van der Waals surface area contributed by atoms with Crippen LogP contribution < -0.4 is 10.6 Å². The Kier molecular flexibility index (Phi) is 12.0. The number of piperidine rings is 1. The predicted molar refractivity (Wildman–Crippen MR) is 192 cm³/mol. The Morgan fingerprint density at radius 2 is 1.71 bits per heavy atom. The highest BCUT2D eigenvalue weighted by atomic mass is 33.1. The highest BCUT2D eigenvalue weighted by Gasteiger charge is 2.64. The van der Waals surface area contributed by atoms with E-state index in [1.54, 1.807) is 16.9 Å². The highest BCUT2D eigenvalue weighted by Crippen LogP contribution is 2.56. The average Bonchev–Trinajstić information content (AvgIpc) is 3.13. The van der Waals surface area contributed by atoms with Crippen molar-refractivity contribution in [2.75, 3.05) is 31.4 Å². The first kappa shape index (κ1) is 38.2.